The third kappa shape index (κ3) is 5.89. The summed E-state index contributed by atoms with van der Waals surface area (Å²) in [7, 11) is 0. The summed E-state index contributed by atoms with van der Waals surface area (Å²) in [4.78, 5) is 14.9. The molecule has 3 nitrogen and oxygen atoms in total. The highest BCUT2D eigenvalue weighted by atomic mass is 16.7. The number of nitrogens with zero attached hydrogens (tertiary/aromatic N) is 1. The van der Waals surface area contributed by atoms with Gasteiger partial charge in [0, 0.05) is 6.92 Å². The zero-order valence-electron chi connectivity index (χ0n) is 8.09. The lowest BCUT2D eigenvalue weighted by molar-refractivity contribution is -0.140. The average Bonchev–Trinajstić information content (AvgIpc) is 2.05. The van der Waals surface area contributed by atoms with Crippen LogP contribution in [0.15, 0.2) is 5.16 Å². The zero-order valence-corrected chi connectivity index (χ0v) is 8.09. The summed E-state index contributed by atoms with van der Waals surface area (Å²) in [6.07, 6.45) is 4.03. The molecule has 0 atom stereocenters. The van der Waals surface area contributed by atoms with Gasteiger partial charge in [-0.3, -0.25) is 0 Å². The zero-order chi connectivity index (χ0) is 9.40. The Hall–Kier alpha value is -0.860. The standard InChI is InChI=1S/C9H17NO2/c1-4-6-7-9(5-2)10-12-8(3)11/h4-7H2,1-3H3. The second-order valence-electron chi connectivity index (χ2n) is 2.70. The van der Waals surface area contributed by atoms with Crippen molar-refractivity contribution in [3.8, 4) is 0 Å². The number of unbranched alkanes of at least 4 members (excludes halogenated alkanes) is 1. The summed E-state index contributed by atoms with van der Waals surface area (Å²) >= 11 is 0. The second-order valence-corrected chi connectivity index (χ2v) is 2.70. The Labute approximate surface area is 73.8 Å². The van der Waals surface area contributed by atoms with Crippen LogP contribution in [-0.4, -0.2) is 11.7 Å². The summed E-state index contributed by atoms with van der Waals surface area (Å²) < 4.78 is 0. The number of hydrogen-bond donors (Lipinski definition) is 0. The predicted molar refractivity (Wildman–Crippen MR) is 49.0 cm³/mol. The monoisotopic (exact) mass is 171 g/mol. The maximum atomic E-state index is 10.4. The predicted octanol–water partition coefficient (Wildman–Crippen LogP) is 2.51. The molecule has 0 bridgehead atoms. The van der Waals surface area contributed by atoms with Crippen LogP contribution >= 0.6 is 0 Å². The molecule has 0 aliphatic heterocycles. The molecule has 0 fully saturated rings. The molecule has 0 N–H and O–H groups in total. The molecule has 70 valence electrons. The molecule has 0 aromatic heterocycles. The lowest BCUT2D eigenvalue weighted by atomic mass is 10.1. The molecule has 0 rings (SSSR count). The van der Waals surface area contributed by atoms with Crippen molar-refractivity contribution in [2.45, 2.75) is 46.5 Å². The molecule has 0 aromatic rings. The van der Waals surface area contributed by atoms with Crippen molar-refractivity contribution in [1.29, 1.82) is 0 Å². The summed E-state index contributed by atoms with van der Waals surface area (Å²) in [5.41, 5.74) is 0.965. The van der Waals surface area contributed by atoms with Gasteiger partial charge in [-0.15, -0.1) is 0 Å². The minimum Gasteiger partial charge on any atom is -0.319 e. The van der Waals surface area contributed by atoms with Gasteiger partial charge in [-0.1, -0.05) is 25.4 Å². The maximum absolute atomic E-state index is 10.4. The Bertz CT molecular complexity index is 164. The third-order valence-electron chi connectivity index (χ3n) is 1.53. The molecule has 0 unspecified atom stereocenters. The van der Waals surface area contributed by atoms with E-state index in [2.05, 4.69) is 16.9 Å². The molecule has 3 heteroatoms. The van der Waals surface area contributed by atoms with E-state index in [1.54, 1.807) is 0 Å². The van der Waals surface area contributed by atoms with Gasteiger partial charge < -0.3 is 4.84 Å². The van der Waals surface area contributed by atoms with Gasteiger partial charge in [0.1, 0.15) is 0 Å². The average molecular weight is 171 g/mol. The van der Waals surface area contributed by atoms with Crippen molar-refractivity contribution in [3.05, 3.63) is 0 Å². The molecule has 0 saturated heterocycles. The van der Waals surface area contributed by atoms with Crippen LogP contribution in [0.2, 0.25) is 0 Å². The normalized spacial score (nSPS) is 11.4. The van der Waals surface area contributed by atoms with Crippen molar-refractivity contribution in [2.75, 3.05) is 0 Å². The third-order valence-corrected chi connectivity index (χ3v) is 1.53. The largest absolute Gasteiger partial charge is 0.331 e. The Morgan fingerprint density at radius 2 is 2.08 bits per heavy atom. The van der Waals surface area contributed by atoms with E-state index < -0.39 is 0 Å². The van der Waals surface area contributed by atoms with Gasteiger partial charge in [0.25, 0.3) is 0 Å². The smallest absolute Gasteiger partial charge is 0.319 e. The quantitative estimate of drug-likeness (QED) is 0.362. The molecular weight excluding hydrogens is 154 g/mol. The van der Waals surface area contributed by atoms with Gasteiger partial charge in [-0.2, -0.15) is 0 Å². The summed E-state index contributed by atoms with van der Waals surface area (Å²) in [6.45, 7) is 5.49. The van der Waals surface area contributed by atoms with Crippen LogP contribution < -0.4 is 0 Å². The Balaban J connectivity index is 3.78. The van der Waals surface area contributed by atoms with Crippen molar-refractivity contribution >= 4 is 11.7 Å². The van der Waals surface area contributed by atoms with E-state index in [9.17, 15) is 4.79 Å². The van der Waals surface area contributed by atoms with E-state index in [1.807, 2.05) is 6.92 Å². The summed E-state index contributed by atoms with van der Waals surface area (Å²) in [6, 6.07) is 0. The highest BCUT2D eigenvalue weighted by Crippen LogP contribution is 2.00. The molecule has 0 saturated carbocycles. The van der Waals surface area contributed by atoms with Gasteiger partial charge in [0.2, 0.25) is 0 Å². The molecule has 0 heterocycles. The Morgan fingerprint density at radius 3 is 2.50 bits per heavy atom. The molecular formula is C9H17NO2. The molecule has 0 spiro atoms. The molecule has 0 aromatic carbocycles. The fraction of sp³-hybridized carbons (Fsp3) is 0.778. The van der Waals surface area contributed by atoms with E-state index in [4.69, 9.17) is 0 Å². The van der Waals surface area contributed by atoms with Crippen LogP contribution in [0.25, 0.3) is 0 Å². The van der Waals surface area contributed by atoms with Gasteiger partial charge >= 0.3 is 5.97 Å². The Morgan fingerprint density at radius 1 is 1.42 bits per heavy atom. The summed E-state index contributed by atoms with van der Waals surface area (Å²) in [5, 5.41) is 3.75. The number of oxime groups is 1. The van der Waals surface area contributed by atoms with Gasteiger partial charge in [0.15, 0.2) is 0 Å². The van der Waals surface area contributed by atoms with E-state index >= 15 is 0 Å². The Kier molecular flexibility index (Phi) is 6.34. The minimum atomic E-state index is -0.350. The molecule has 0 aliphatic carbocycles. The first-order valence-electron chi connectivity index (χ1n) is 4.44. The van der Waals surface area contributed by atoms with Crippen LogP contribution in [0.4, 0.5) is 0 Å². The van der Waals surface area contributed by atoms with Crippen molar-refractivity contribution in [1.82, 2.24) is 0 Å². The van der Waals surface area contributed by atoms with Crippen LogP contribution in [0.5, 0.6) is 0 Å². The first kappa shape index (κ1) is 11.1. The van der Waals surface area contributed by atoms with Crippen LogP contribution in [0.3, 0.4) is 0 Å². The van der Waals surface area contributed by atoms with Crippen LogP contribution in [0.1, 0.15) is 46.5 Å². The highest BCUT2D eigenvalue weighted by Gasteiger charge is 1.97. The fourth-order valence-corrected chi connectivity index (χ4v) is 0.797. The number of hydrogen-bond acceptors (Lipinski definition) is 3. The SMILES string of the molecule is CCCCC(CC)=NOC(C)=O. The molecule has 12 heavy (non-hydrogen) atoms. The van der Waals surface area contributed by atoms with E-state index in [0.717, 1.165) is 31.4 Å². The van der Waals surface area contributed by atoms with Crippen molar-refractivity contribution < 1.29 is 9.63 Å². The van der Waals surface area contributed by atoms with E-state index in [0.29, 0.717) is 0 Å². The van der Waals surface area contributed by atoms with Crippen molar-refractivity contribution in [2.24, 2.45) is 5.16 Å². The van der Waals surface area contributed by atoms with Crippen LogP contribution in [-0.2, 0) is 9.63 Å². The molecule has 0 aliphatic rings. The first-order chi connectivity index (χ1) is 5.70. The van der Waals surface area contributed by atoms with Crippen LogP contribution in [0, 0.1) is 0 Å². The topological polar surface area (TPSA) is 38.7 Å². The fourth-order valence-electron chi connectivity index (χ4n) is 0.797. The van der Waals surface area contributed by atoms with Gasteiger partial charge in [-0.25, -0.2) is 4.79 Å². The van der Waals surface area contributed by atoms with Crippen molar-refractivity contribution in [3.63, 3.8) is 0 Å². The lowest BCUT2D eigenvalue weighted by Crippen LogP contribution is -2.00. The number of carbonyl (C=O) groups is 1. The second kappa shape index (κ2) is 6.83. The number of carbonyl (C=O) groups excluding carboxylic acids is 1. The minimum absolute atomic E-state index is 0.350. The highest BCUT2D eigenvalue weighted by molar-refractivity contribution is 5.84. The maximum Gasteiger partial charge on any atom is 0.331 e. The van der Waals surface area contributed by atoms with E-state index in [-0.39, 0.29) is 5.97 Å². The van der Waals surface area contributed by atoms with Gasteiger partial charge in [0.05, 0.1) is 5.71 Å². The lowest BCUT2D eigenvalue weighted by Gasteiger charge is -2.00. The van der Waals surface area contributed by atoms with Gasteiger partial charge in [-0.05, 0) is 19.3 Å². The first-order valence-corrected chi connectivity index (χ1v) is 4.44. The molecule has 0 radical (unpaired) electrons. The van der Waals surface area contributed by atoms with E-state index in [1.165, 1.54) is 6.92 Å². The summed E-state index contributed by atoms with van der Waals surface area (Å²) in [5.74, 6) is -0.350. The number of rotatable bonds is 5. The molecule has 0 amide bonds.